The maximum Gasteiger partial charge on any atom is 0.328 e. The van der Waals surface area contributed by atoms with Crippen LogP contribution in [0, 0.1) is 0 Å². The van der Waals surface area contributed by atoms with Crippen LogP contribution in [0.25, 0.3) is 0 Å². The summed E-state index contributed by atoms with van der Waals surface area (Å²) in [7, 11) is 0. The van der Waals surface area contributed by atoms with Gasteiger partial charge in [0.2, 0.25) is 5.91 Å². The molecule has 2 rings (SSSR count). The number of nitrogens with zero attached hydrogens (tertiary/aromatic N) is 2. The van der Waals surface area contributed by atoms with Crippen LogP contribution in [0.4, 0.5) is 5.69 Å². The number of amides is 1. The van der Waals surface area contributed by atoms with Gasteiger partial charge in [0.1, 0.15) is 6.54 Å². The van der Waals surface area contributed by atoms with Crippen LogP contribution in [0.15, 0.2) is 52.2 Å². The zero-order valence-electron chi connectivity index (χ0n) is 13.7. The molecule has 0 bridgehead atoms. The van der Waals surface area contributed by atoms with E-state index in [2.05, 4.69) is 34.3 Å². The number of nitrogens with one attached hydrogen (secondary N) is 2. The van der Waals surface area contributed by atoms with Crippen molar-refractivity contribution in [2.75, 3.05) is 24.5 Å². The molecule has 1 heterocycles. The lowest BCUT2D eigenvalue weighted by Gasteiger charge is -2.23. The van der Waals surface area contributed by atoms with Crippen molar-refractivity contribution in [1.82, 2.24) is 14.9 Å². The van der Waals surface area contributed by atoms with E-state index in [0.717, 1.165) is 25.2 Å². The molecule has 1 aromatic carbocycles. The average molecular weight is 330 g/mol. The fourth-order valence-corrected chi connectivity index (χ4v) is 2.39. The second-order valence-electron chi connectivity index (χ2n) is 5.36. The van der Waals surface area contributed by atoms with Crippen LogP contribution in [-0.2, 0) is 11.3 Å². The Morgan fingerprint density at radius 1 is 1.21 bits per heavy atom. The minimum atomic E-state index is -0.584. The lowest BCUT2D eigenvalue weighted by Crippen LogP contribution is -2.36. The number of H-pyrrole nitrogens is 1. The summed E-state index contributed by atoms with van der Waals surface area (Å²) in [6.07, 6.45) is 2.12. The van der Waals surface area contributed by atoms with Crippen LogP contribution >= 0.6 is 0 Å². The van der Waals surface area contributed by atoms with Gasteiger partial charge in [0, 0.05) is 37.6 Å². The molecule has 0 spiro atoms. The van der Waals surface area contributed by atoms with Crippen molar-refractivity contribution in [3.05, 3.63) is 63.4 Å². The van der Waals surface area contributed by atoms with Crippen LogP contribution in [0.5, 0.6) is 0 Å². The third-order valence-electron chi connectivity index (χ3n) is 3.64. The first kappa shape index (κ1) is 17.5. The van der Waals surface area contributed by atoms with Gasteiger partial charge in [-0.2, -0.15) is 0 Å². The van der Waals surface area contributed by atoms with Crippen LogP contribution in [0.1, 0.15) is 13.3 Å². The number of aromatic amines is 1. The molecule has 0 radical (unpaired) electrons. The summed E-state index contributed by atoms with van der Waals surface area (Å²) in [6.45, 7) is 4.24. The number of aromatic nitrogens is 2. The fraction of sp³-hybridized carbons (Fsp3) is 0.353. The quantitative estimate of drug-likeness (QED) is 0.693. The number of benzene rings is 1. The monoisotopic (exact) mass is 330 g/mol. The van der Waals surface area contributed by atoms with Crippen molar-refractivity contribution in [2.45, 2.75) is 19.9 Å². The van der Waals surface area contributed by atoms with Gasteiger partial charge in [-0.05, 0) is 25.5 Å². The van der Waals surface area contributed by atoms with Gasteiger partial charge in [-0.3, -0.25) is 19.1 Å². The Morgan fingerprint density at radius 2 is 1.96 bits per heavy atom. The summed E-state index contributed by atoms with van der Waals surface area (Å²) in [5, 5.41) is 2.79. The Morgan fingerprint density at radius 3 is 2.62 bits per heavy atom. The van der Waals surface area contributed by atoms with E-state index >= 15 is 0 Å². The number of rotatable bonds is 8. The molecule has 0 aliphatic rings. The molecule has 0 saturated carbocycles. The standard InChI is InChI=1S/C17H22N4O3/c1-2-20(14-7-4-3-5-8-14)11-6-10-18-16(23)13-21-12-9-15(22)19-17(21)24/h3-5,7-9,12H,2,6,10-11,13H2,1H3,(H,18,23)(H,19,22,24). The van der Waals surface area contributed by atoms with E-state index in [1.54, 1.807) is 0 Å². The molecule has 2 N–H and O–H groups in total. The Balaban J connectivity index is 1.76. The first-order chi connectivity index (χ1) is 11.6. The molecule has 1 aromatic heterocycles. The molecule has 128 valence electrons. The molecular weight excluding hydrogens is 308 g/mol. The van der Waals surface area contributed by atoms with Gasteiger partial charge in [-0.25, -0.2) is 4.79 Å². The lowest BCUT2D eigenvalue weighted by atomic mass is 10.2. The summed E-state index contributed by atoms with van der Waals surface area (Å²) in [5.41, 5.74) is 0.0993. The minimum Gasteiger partial charge on any atom is -0.372 e. The van der Waals surface area contributed by atoms with Gasteiger partial charge in [-0.1, -0.05) is 18.2 Å². The van der Waals surface area contributed by atoms with E-state index in [9.17, 15) is 14.4 Å². The van der Waals surface area contributed by atoms with Crippen molar-refractivity contribution in [1.29, 1.82) is 0 Å². The van der Waals surface area contributed by atoms with Crippen LogP contribution in [0.2, 0.25) is 0 Å². The lowest BCUT2D eigenvalue weighted by molar-refractivity contribution is -0.121. The van der Waals surface area contributed by atoms with Crippen LogP contribution in [-0.4, -0.2) is 35.1 Å². The molecule has 0 aliphatic heterocycles. The number of carbonyl (C=O) groups is 1. The van der Waals surface area contributed by atoms with Crippen molar-refractivity contribution < 1.29 is 4.79 Å². The first-order valence-electron chi connectivity index (χ1n) is 7.96. The maximum absolute atomic E-state index is 11.9. The highest BCUT2D eigenvalue weighted by Gasteiger charge is 2.06. The molecule has 1 amide bonds. The molecular formula is C17H22N4O3. The molecule has 0 atom stereocenters. The van der Waals surface area contributed by atoms with E-state index in [0.29, 0.717) is 6.54 Å². The summed E-state index contributed by atoms with van der Waals surface area (Å²) in [5.74, 6) is -0.257. The molecule has 7 nitrogen and oxygen atoms in total. The second-order valence-corrected chi connectivity index (χ2v) is 5.36. The topological polar surface area (TPSA) is 87.2 Å². The fourth-order valence-electron chi connectivity index (χ4n) is 2.39. The normalized spacial score (nSPS) is 10.4. The number of para-hydroxylation sites is 1. The first-order valence-corrected chi connectivity index (χ1v) is 7.96. The highest BCUT2D eigenvalue weighted by molar-refractivity contribution is 5.75. The van der Waals surface area contributed by atoms with Crippen molar-refractivity contribution in [3.63, 3.8) is 0 Å². The van der Waals surface area contributed by atoms with E-state index < -0.39 is 11.2 Å². The second kappa shape index (κ2) is 8.71. The van der Waals surface area contributed by atoms with Crippen molar-refractivity contribution in [2.24, 2.45) is 0 Å². The van der Waals surface area contributed by atoms with Gasteiger partial charge in [0.05, 0.1) is 0 Å². The van der Waals surface area contributed by atoms with E-state index in [1.807, 2.05) is 18.2 Å². The highest BCUT2D eigenvalue weighted by Crippen LogP contribution is 2.12. The zero-order chi connectivity index (χ0) is 17.4. The summed E-state index contributed by atoms with van der Waals surface area (Å²) >= 11 is 0. The maximum atomic E-state index is 11.9. The van der Waals surface area contributed by atoms with Gasteiger partial charge < -0.3 is 10.2 Å². The Labute approximate surface area is 139 Å². The van der Waals surface area contributed by atoms with Crippen molar-refractivity contribution in [3.8, 4) is 0 Å². The third-order valence-corrected chi connectivity index (χ3v) is 3.64. The number of carbonyl (C=O) groups excluding carboxylic acids is 1. The molecule has 2 aromatic rings. The average Bonchev–Trinajstić information content (AvgIpc) is 2.58. The summed E-state index contributed by atoms with van der Waals surface area (Å²) in [6, 6.07) is 11.3. The van der Waals surface area contributed by atoms with Gasteiger partial charge in [0.15, 0.2) is 0 Å². The summed E-state index contributed by atoms with van der Waals surface area (Å²) in [4.78, 5) is 38.7. The highest BCUT2D eigenvalue weighted by atomic mass is 16.2. The predicted octanol–water partition coefficient (Wildman–Crippen LogP) is 0.569. The number of hydrogen-bond donors (Lipinski definition) is 2. The number of hydrogen-bond acceptors (Lipinski definition) is 4. The molecule has 0 fully saturated rings. The van der Waals surface area contributed by atoms with Crippen LogP contribution < -0.4 is 21.5 Å². The van der Waals surface area contributed by atoms with Gasteiger partial charge >= 0.3 is 5.69 Å². The van der Waals surface area contributed by atoms with E-state index in [-0.39, 0.29) is 12.5 Å². The third kappa shape index (κ3) is 5.12. The number of anilines is 1. The Bertz CT molecular complexity index is 767. The van der Waals surface area contributed by atoms with E-state index in [1.165, 1.54) is 16.8 Å². The smallest absolute Gasteiger partial charge is 0.328 e. The molecule has 0 saturated heterocycles. The van der Waals surface area contributed by atoms with Gasteiger partial charge in [0.25, 0.3) is 5.56 Å². The Hall–Kier alpha value is -2.83. The SMILES string of the molecule is CCN(CCCNC(=O)Cn1ccc(=O)[nH]c1=O)c1ccccc1. The molecule has 7 heteroatoms. The molecule has 0 aliphatic carbocycles. The van der Waals surface area contributed by atoms with Crippen LogP contribution in [0.3, 0.4) is 0 Å². The van der Waals surface area contributed by atoms with E-state index in [4.69, 9.17) is 0 Å². The van der Waals surface area contributed by atoms with Crippen molar-refractivity contribution >= 4 is 11.6 Å². The molecule has 0 unspecified atom stereocenters. The Kier molecular flexibility index (Phi) is 6.36. The minimum absolute atomic E-state index is 0.105. The zero-order valence-corrected chi connectivity index (χ0v) is 13.7. The molecule has 24 heavy (non-hydrogen) atoms. The van der Waals surface area contributed by atoms with Gasteiger partial charge in [-0.15, -0.1) is 0 Å². The largest absolute Gasteiger partial charge is 0.372 e. The summed E-state index contributed by atoms with van der Waals surface area (Å²) < 4.78 is 1.17. The predicted molar refractivity (Wildman–Crippen MR) is 93.3 cm³/mol.